The topological polar surface area (TPSA) is 51.7 Å². The Morgan fingerprint density at radius 2 is 2.00 bits per heavy atom. The quantitative estimate of drug-likeness (QED) is 0.863. The van der Waals surface area contributed by atoms with Gasteiger partial charge in [0, 0.05) is 45.5 Å². The van der Waals surface area contributed by atoms with Gasteiger partial charge in [-0.2, -0.15) is 0 Å². The smallest absolute Gasteiger partial charge is 0.240 e. The zero-order valence-electron chi connectivity index (χ0n) is 16.8. The van der Waals surface area contributed by atoms with Crippen molar-refractivity contribution >= 4 is 5.91 Å². The summed E-state index contributed by atoms with van der Waals surface area (Å²) in [6.45, 7) is 9.82. The van der Waals surface area contributed by atoms with Crippen molar-refractivity contribution < 1.29 is 4.79 Å². The summed E-state index contributed by atoms with van der Waals surface area (Å²) in [5, 5.41) is 3.46. The maximum atomic E-state index is 13.2. The van der Waals surface area contributed by atoms with Gasteiger partial charge in [0.2, 0.25) is 5.91 Å². The Bertz CT molecular complexity index is 664. The molecular weight excluding hydrogens is 338 g/mol. The van der Waals surface area contributed by atoms with Gasteiger partial charge < -0.3 is 10.2 Å². The minimum Gasteiger partial charge on any atom is -0.339 e. The maximum Gasteiger partial charge on any atom is 0.240 e. The van der Waals surface area contributed by atoms with E-state index in [1.54, 1.807) is 0 Å². The standard InChI is InChI=1S/C21H33N5O/c1-17-4-3-7-23-18(17)15-25-10-12-26(13-11-25)20(27)19-14-21(16-24(19)2)5-8-22-9-6-21/h3-4,7,19,22H,5-6,8-16H2,1-2H3/t19-/m1/s1. The van der Waals surface area contributed by atoms with Gasteiger partial charge in [-0.05, 0) is 63.4 Å². The van der Waals surface area contributed by atoms with Gasteiger partial charge in [-0.1, -0.05) is 6.07 Å². The minimum atomic E-state index is 0.0766. The van der Waals surface area contributed by atoms with E-state index in [9.17, 15) is 4.79 Å². The third-order valence-corrected chi connectivity index (χ3v) is 6.87. The Balaban J connectivity index is 1.31. The summed E-state index contributed by atoms with van der Waals surface area (Å²) >= 11 is 0. The normalized spacial score (nSPS) is 26.6. The van der Waals surface area contributed by atoms with Gasteiger partial charge in [0.15, 0.2) is 0 Å². The van der Waals surface area contributed by atoms with E-state index in [1.165, 1.54) is 18.4 Å². The lowest BCUT2D eigenvalue weighted by Gasteiger charge is -2.37. The number of piperidine rings is 1. The molecule has 0 aliphatic carbocycles. The second-order valence-electron chi connectivity index (χ2n) is 8.75. The van der Waals surface area contributed by atoms with Crippen molar-refractivity contribution in [3.05, 3.63) is 29.6 Å². The molecule has 1 aromatic heterocycles. The summed E-state index contributed by atoms with van der Waals surface area (Å²) in [7, 11) is 2.14. The van der Waals surface area contributed by atoms with Crippen LogP contribution in [0.15, 0.2) is 18.3 Å². The number of amides is 1. The molecule has 1 amide bonds. The minimum absolute atomic E-state index is 0.0766. The second-order valence-corrected chi connectivity index (χ2v) is 8.75. The first-order chi connectivity index (χ1) is 13.1. The number of aromatic nitrogens is 1. The maximum absolute atomic E-state index is 13.2. The molecule has 1 N–H and O–H groups in total. The monoisotopic (exact) mass is 371 g/mol. The predicted octanol–water partition coefficient (Wildman–Crippen LogP) is 1.11. The fourth-order valence-corrected chi connectivity index (χ4v) is 5.10. The number of nitrogens with one attached hydrogen (secondary N) is 1. The molecule has 3 aliphatic rings. The van der Waals surface area contributed by atoms with Crippen molar-refractivity contribution in [3.8, 4) is 0 Å². The van der Waals surface area contributed by atoms with Crippen molar-refractivity contribution in [3.63, 3.8) is 0 Å². The number of nitrogens with zero attached hydrogens (tertiary/aromatic N) is 4. The lowest BCUT2D eigenvalue weighted by atomic mass is 9.77. The van der Waals surface area contributed by atoms with Crippen molar-refractivity contribution in [1.29, 1.82) is 0 Å². The van der Waals surface area contributed by atoms with Crippen molar-refractivity contribution in [1.82, 2.24) is 25.0 Å². The average Bonchev–Trinajstić information content (AvgIpc) is 3.00. The number of rotatable bonds is 3. The van der Waals surface area contributed by atoms with E-state index in [4.69, 9.17) is 0 Å². The lowest BCUT2D eigenvalue weighted by molar-refractivity contribution is -0.137. The first-order valence-corrected chi connectivity index (χ1v) is 10.4. The number of carbonyl (C=O) groups excluding carboxylic acids is 1. The van der Waals surface area contributed by atoms with Crippen LogP contribution in [0.25, 0.3) is 0 Å². The van der Waals surface area contributed by atoms with Crippen molar-refractivity contribution in [2.24, 2.45) is 5.41 Å². The van der Waals surface area contributed by atoms with E-state index in [0.29, 0.717) is 11.3 Å². The molecule has 0 unspecified atom stereocenters. The molecule has 1 spiro atoms. The highest BCUT2D eigenvalue weighted by Gasteiger charge is 2.46. The number of aryl methyl sites for hydroxylation is 1. The molecule has 0 saturated carbocycles. The molecule has 1 atom stereocenters. The first kappa shape index (κ1) is 18.8. The number of piperazine rings is 1. The Hall–Kier alpha value is -1.50. The van der Waals surface area contributed by atoms with Gasteiger partial charge in [-0.3, -0.25) is 19.6 Å². The molecule has 0 radical (unpaired) electrons. The van der Waals surface area contributed by atoms with E-state index < -0.39 is 0 Å². The molecule has 0 aromatic carbocycles. The van der Waals surface area contributed by atoms with Crippen LogP contribution in [0.1, 0.15) is 30.5 Å². The van der Waals surface area contributed by atoms with Gasteiger partial charge in [0.25, 0.3) is 0 Å². The Kier molecular flexibility index (Phi) is 5.48. The van der Waals surface area contributed by atoms with Crippen LogP contribution in [0.3, 0.4) is 0 Å². The fourth-order valence-electron chi connectivity index (χ4n) is 5.10. The van der Waals surface area contributed by atoms with Crippen LogP contribution in [0.5, 0.6) is 0 Å². The summed E-state index contributed by atoms with van der Waals surface area (Å²) in [4.78, 5) is 24.5. The molecule has 27 heavy (non-hydrogen) atoms. The molecule has 3 aliphatic heterocycles. The number of pyridine rings is 1. The Labute approximate surface area is 162 Å². The highest BCUT2D eigenvalue weighted by molar-refractivity contribution is 5.82. The molecule has 148 valence electrons. The zero-order valence-corrected chi connectivity index (χ0v) is 16.8. The molecule has 4 heterocycles. The van der Waals surface area contributed by atoms with Crippen LogP contribution in [0.4, 0.5) is 0 Å². The van der Waals surface area contributed by atoms with Crippen molar-refractivity contribution in [2.45, 2.75) is 38.8 Å². The van der Waals surface area contributed by atoms with E-state index in [2.05, 4.69) is 45.0 Å². The molecule has 4 rings (SSSR count). The number of carbonyl (C=O) groups is 1. The van der Waals surface area contributed by atoms with Crippen LogP contribution >= 0.6 is 0 Å². The van der Waals surface area contributed by atoms with Crippen LogP contribution in [-0.4, -0.2) is 84.5 Å². The van der Waals surface area contributed by atoms with Crippen LogP contribution in [0, 0.1) is 12.3 Å². The summed E-state index contributed by atoms with van der Waals surface area (Å²) in [5.74, 6) is 0.349. The molecule has 6 heteroatoms. The van der Waals surface area contributed by atoms with Gasteiger partial charge in [0.05, 0.1) is 11.7 Å². The summed E-state index contributed by atoms with van der Waals surface area (Å²) in [5.41, 5.74) is 2.76. The molecule has 0 bridgehead atoms. The SMILES string of the molecule is Cc1cccnc1CN1CCN(C(=O)[C@H]2CC3(CCNCC3)CN2C)CC1. The highest BCUT2D eigenvalue weighted by Crippen LogP contribution is 2.41. The van der Waals surface area contributed by atoms with Crippen LogP contribution < -0.4 is 5.32 Å². The Morgan fingerprint density at radius 1 is 1.26 bits per heavy atom. The molecule has 3 fully saturated rings. The largest absolute Gasteiger partial charge is 0.339 e. The third kappa shape index (κ3) is 4.03. The summed E-state index contributed by atoms with van der Waals surface area (Å²) < 4.78 is 0. The van der Waals surface area contributed by atoms with Crippen LogP contribution in [-0.2, 0) is 11.3 Å². The second kappa shape index (κ2) is 7.86. The molecular formula is C21H33N5O. The highest BCUT2D eigenvalue weighted by atomic mass is 16.2. The fraction of sp³-hybridized carbons (Fsp3) is 0.714. The van der Waals surface area contributed by atoms with Gasteiger partial charge in [0.1, 0.15) is 0 Å². The molecule has 1 aromatic rings. The average molecular weight is 372 g/mol. The van der Waals surface area contributed by atoms with Crippen LogP contribution in [0.2, 0.25) is 0 Å². The van der Waals surface area contributed by atoms with E-state index in [0.717, 1.165) is 64.5 Å². The summed E-state index contributed by atoms with van der Waals surface area (Å²) in [6, 6.07) is 4.19. The number of hydrogen-bond acceptors (Lipinski definition) is 5. The zero-order chi connectivity index (χ0) is 18.9. The van der Waals surface area contributed by atoms with Gasteiger partial charge in [-0.15, -0.1) is 0 Å². The van der Waals surface area contributed by atoms with E-state index in [1.807, 2.05) is 12.3 Å². The summed E-state index contributed by atoms with van der Waals surface area (Å²) in [6.07, 6.45) is 5.32. The van der Waals surface area contributed by atoms with E-state index in [-0.39, 0.29) is 6.04 Å². The number of hydrogen-bond donors (Lipinski definition) is 1. The number of likely N-dealkylation sites (N-methyl/N-ethyl adjacent to an activating group) is 1. The van der Waals surface area contributed by atoms with E-state index >= 15 is 0 Å². The molecule has 3 saturated heterocycles. The van der Waals surface area contributed by atoms with Crippen molar-refractivity contribution in [2.75, 3.05) is 52.9 Å². The number of likely N-dealkylation sites (tertiary alicyclic amines) is 1. The Morgan fingerprint density at radius 3 is 2.70 bits per heavy atom. The van der Waals surface area contributed by atoms with Gasteiger partial charge >= 0.3 is 0 Å². The lowest BCUT2D eigenvalue weighted by Crippen LogP contribution is -2.53. The third-order valence-electron chi connectivity index (χ3n) is 6.87. The van der Waals surface area contributed by atoms with Gasteiger partial charge in [-0.25, -0.2) is 0 Å². The molecule has 6 nitrogen and oxygen atoms in total. The predicted molar refractivity (Wildman–Crippen MR) is 106 cm³/mol. The first-order valence-electron chi connectivity index (χ1n) is 10.4.